The first kappa shape index (κ1) is 17.3. The van der Waals surface area contributed by atoms with Crippen molar-refractivity contribution in [3.8, 4) is 5.75 Å². The van der Waals surface area contributed by atoms with E-state index in [1.807, 2.05) is 0 Å². The van der Waals surface area contributed by atoms with Gasteiger partial charge in [0.15, 0.2) is 5.78 Å². The first-order valence-electron chi connectivity index (χ1n) is 7.53. The summed E-state index contributed by atoms with van der Waals surface area (Å²) in [5.41, 5.74) is 1.54. The molecule has 0 bridgehead atoms. The molecule has 5 nitrogen and oxygen atoms in total. The number of hydrogen-bond acceptors (Lipinski definition) is 5. The minimum atomic E-state index is -0.407. The molecule has 5 heteroatoms. The average molecular weight is 325 g/mol. The number of ether oxygens (including phenoxy) is 2. The van der Waals surface area contributed by atoms with Crippen LogP contribution in [-0.2, 0) is 4.74 Å². The Morgan fingerprint density at radius 3 is 2.46 bits per heavy atom. The summed E-state index contributed by atoms with van der Waals surface area (Å²) in [6.07, 6.45) is 2.91. The normalized spacial score (nSPS) is 10.4. The Morgan fingerprint density at radius 2 is 1.79 bits per heavy atom. The van der Waals surface area contributed by atoms with Crippen LogP contribution in [0.4, 0.5) is 5.69 Å². The summed E-state index contributed by atoms with van der Waals surface area (Å²) in [7, 11) is 1.57. The standard InChI is InChI=1S/C19H19NO4/c1-3-24-19(22)16-6-4-5-7-17(16)20-13-12-18(21)14-8-10-15(23-2)11-9-14/h4-13,20H,3H2,1-2H3/b13-12+. The zero-order chi connectivity index (χ0) is 17.4. The van der Waals surface area contributed by atoms with Gasteiger partial charge in [-0.25, -0.2) is 4.79 Å². The first-order chi connectivity index (χ1) is 11.7. The van der Waals surface area contributed by atoms with E-state index in [1.54, 1.807) is 62.6 Å². The molecule has 2 rings (SSSR count). The van der Waals surface area contributed by atoms with Crippen molar-refractivity contribution in [1.29, 1.82) is 0 Å². The number of rotatable bonds is 7. The fraction of sp³-hybridized carbons (Fsp3) is 0.158. The fourth-order valence-corrected chi connectivity index (χ4v) is 2.05. The zero-order valence-electron chi connectivity index (χ0n) is 13.6. The predicted octanol–water partition coefficient (Wildman–Crippen LogP) is 3.68. The van der Waals surface area contributed by atoms with E-state index in [0.29, 0.717) is 29.2 Å². The van der Waals surface area contributed by atoms with Crippen LogP contribution in [0.15, 0.2) is 60.8 Å². The van der Waals surface area contributed by atoms with Gasteiger partial charge in [0.25, 0.3) is 0 Å². The second-order valence-electron chi connectivity index (χ2n) is 4.84. The number of methoxy groups -OCH3 is 1. The van der Waals surface area contributed by atoms with Gasteiger partial charge in [0.1, 0.15) is 5.75 Å². The van der Waals surface area contributed by atoms with Crippen LogP contribution in [0.1, 0.15) is 27.6 Å². The van der Waals surface area contributed by atoms with Crippen LogP contribution >= 0.6 is 0 Å². The Labute approximate surface area is 140 Å². The molecule has 2 aromatic carbocycles. The zero-order valence-corrected chi connectivity index (χ0v) is 13.6. The largest absolute Gasteiger partial charge is 0.497 e. The lowest BCUT2D eigenvalue weighted by Crippen LogP contribution is -2.07. The molecule has 0 heterocycles. The molecular weight excluding hydrogens is 306 g/mol. The number of allylic oxidation sites excluding steroid dienone is 1. The summed E-state index contributed by atoms with van der Waals surface area (Å²) >= 11 is 0. The number of benzene rings is 2. The van der Waals surface area contributed by atoms with Crippen LogP contribution < -0.4 is 10.1 Å². The lowest BCUT2D eigenvalue weighted by Gasteiger charge is -2.08. The highest BCUT2D eigenvalue weighted by Crippen LogP contribution is 2.16. The topological polar surface area (TPSA) is 64.6 Å². The van der Waals surface area contributed by atoms with Gasteiger partial charge >= 0.3 is 5.97 Å². The van der Waals surface area contributed by atoms with E-state index in [9.17, 15) is 9.59 Å². The van der Waals surface area contributed by atoms with Crippen molar-refractivity contribution < 1.29 is 19.1 Å². The van der Waals surface area contributed by atoms with E-state index in [1.165, 1.54) is 12.3 Å². The van der Waals surface area contributed by atoms with Gasteiger partial charge in [0, 0.05) is 17.8 Å². The molecule has 0 aliphatic rings. The number of carbonyl (C=O) groups is 2. The summed E-state index contributed by atoms with van der Waals surface area (Å²) < 4.78 is 10.1. The molecule has 0 unspecified atom stereocenters. The molecule has 1 N–H and O–H groups in total. The molecule has 124 valence electrons. The first-order valence-corrected chi connectivity index (χ1v) is 7.53. The highest BCUT2D eigenvalue weighted by Gasteiger charge is 2.10. The predicted molar refractivity (Wildman–Crippen MR) is 92.5 cm³/mol. The van der Waals surface area contributed by atoms with Crippen molar-refractivity contribution in [2.75, 3.05) is 19.0 Å². The van der Waals surface area contributed by atoms with E-state index in [0.717, 1.165) is 0 Å². The van der Waals surface area contributed by atoms with E-state index < -0.39 is 5.97 Å². The van der Waals surface area contributed by atoms with E-state index in [-0.39, 0.29) is 5.78 Å². The lowest BCUT2D eigenvalue weighted by molar-refractivity contribution is 0.0527. The summed E-state index contributed by atoms with van der Waals surface area (Å²) in [4.78, 5) is 24.0. The average Bonchev–Trinajstić information content (AvgIpc) is 2.62. The minimum absolute atomic E-state index is 0.154. The third kappa shape index (κ3) is 4.46. The molecule has 0 atom stereocenters. The van der Waals surface area contributed by atoms with Crippen molar-refractivity contribution in [2.45, 2.75) is 6.92 Å². The molecule has 0 fully saturated rings. The molecule has 0 saturated heterocycles. The molecular formula is C19H19NO4. The quantitative estimate of drug-likeness (QED) is 0.478. The SMILES string of the molecule is CCOC(=O)c1ccccc1N/C=C/C(=O)c1ccc(OC)cc1. The number of ketones is 1. The highest BCUT2D eigenvalue weighted by molar-refractivity contribution is 6.04. The lowest BCUT2D eigenvalue weighted by atomic mass is 10.1. The van der Waals surface area contributed by atoms with Crippen molar-refractivity contribution >= 4 is 17.4 Å². The molecule has 0 aliphatic carbocycles. The molecule has 0 aromatic heterocycles. The van der Waals surface area contributed by atoms with Gasteiger partial charge < -0.3 is 14.8 Å². The van der Waals surface area contributed by atoms with Crippen molar-refractivity contribution in [3.63, 3.8) is 0 Å². The smallest absolute Gasteiger partial charge is 0.340 e. The van der Waals surface area contributed by atoms with E-state index in [2.05, 4.69) is 5.32 Å². The Kier molecular flexibility index (Phi) is 6.14. The van der Waals surface area contributed by atoms with Crippen LogP contribution in [0.25, 0.3) is 0 Å². The third-order valence-electron chi connectivity index (χ3n) is 3.27. The molecule has 0 saturated carbocycles. The number of nitrogens with one attached hydrogen (secondary N) is 1. The monoisotopic (exact) mass is 325 g/mol. The maximum atomic E-state index is 12.1. The second kappa shape index (κ2) is 8.53. The maximum Gasteiger partial charge on any atom is 0.340 e. The summed E-state index contributed by atoms with van der Waals surface area (Å²) in [5.74, 6) is 0.131. The van der Waals surface area contributed by atoms with Crippen molar-refractivity contribution in [1.82, 2.24) is 0 Å². The number of carbonyl (C=O) groups excluding carboxylic acids is 2. The van der Waals surface area contributed by atoms with Gasteiger partial charge in [-0.3, -0.25) is 4.79 Å². The van der Waals surface area contributed by atoms with E-state index in [4.69, 9.17) is 9.47 Å². The van der Waals surface area contributed by atoms with Gasteiger partial charge in [-0.15, -0.1) is 0 Å². The summed E-state index contributed by atoms with van der Waals surface area (Å²) in [5, 5.41) is 2.95. The molecule has 2 aromatic rings. The number of esters is 1. The van der Waals surface area contributed by atoms with Crippen LogP contribution in [0, 0.1) is 0 Å². The Balaban J connectivity index is 2.05. The molecule has 0 spiro atoms. The molecule has 24 heavy (non-hydrogen) atoms. The van der Waals surface area contributed by atoms with Gasteiger partial charge in [0.05, 0.1) is 25.0 Å². The van der Waals surface area contributed by atoms with Crippen molar-refractivity contribution in [3.05, 3.63) is 71.9 Å². The van der Waals surface area contributed by atoms with E-state index >= 15 is 0 Å². The summed E-state index contributed by atoms with van der Waals surface area (Å²) in [6, 6.07) is 13.8. The van der Waals surface area contributed by atoms with Gasteiger partial charge in [-0.1, -0.05) is 12.1 Å². The summed E-state index contributed by atoms with van der Waals surface area (Å²) in [6.45, 7) is 2.06. The van der Waals surface area contributed by atoms with Crippen LogP contribution in [0.2, 0.25) is 0 Å². The van der Waals surface area contributed by atoms with Gasteiger partial charge in [0.2, 0.25) is 0 Å². The van der Waals surface area contributed by atoms with Crippen LogP contribution in [-0.4, -0.2) is 25.5 Å². The minimum Gasteiger partial charge on any atom is -0.497 e. The fourth-order valence-electron chi connectivity index (χ4n) is 2.05. The van der Waals surface area contributed by atoms with Gasteiger partial charge in [-0.05, 0) is 43.3 Å². The molecule has 0 radical (unpaired) electrons. The Morgan fingerprint density at radius 1 is 1.08 bits per heavy atom. The number of hydrogen-bond donors (Lipinski definition) is 1. The Hall–Kier alpha value is -3.08. The number of anilines is 1. The highest BCUT2D eigenvalue weighted by atomic mass is 16.5. The maximum absolute atomic E-state index is 12.1. The van der Waals surface area contributed by atoms with Crippen LogP contribution in [0.5, 0.6) is 5.75 Å². The van der Waals surface area contributed by atoms with Crippen molar-refractivity contribution in [2.24, 2.45) is 0 Å². The Bertz CT molecular complexity index is 735. The number of para-hydroxylation sites is 1. The molecule has 0 aliphatic heterocycles. The third-order valence-corrected chi connectivity index (χ3v) is 3.27. The molecule has 0 amide bonds. The second-order valence-corrected chi connectivity index (χ2v) is 4.84. The van der Waals surface area contributed by atoms with Gasteiger partial charge in [-0.2, -0.15) is 0 Å². The van der Waals surface area contributed by atoms with Crippen LogP contribution in [0.3, 0.4) is 0 Å².